The zero-order chi connectivity index (χ0) is 19.2. The van der Waals surface area contributed by atoms with Crippen LogP contribution in [0, 0.1) is 0 Å². The fraction of sp³-hybridized carbons (Fsp3) is 0.300. The summed E-state index contributed by atoms with van der Waals surface area (Å²) in [6, 6.07) is 12.0. The first-order chi connectivity index (χ1) is 13.0. The molecule has 0 N–H and O–H groups in total. The van der Waals surface area contributed by atoms with Crippen LogP contribution in [0.3, 0.4) is 0 Å². The van der Waals surface area contributed by atoms with Crippen LogP contribution < -0.4 is 14.2 Å². The van der Waals surface area contributed by atoms with E-state index in [0.29, 0.717) is 36.0 Å². The molecule has 0 amide bonds. The second-order valence-corrected chi connectivity index (χ2v) is 6.87. The molecule has 0 radical (unpaired) electrons. The minimum Gasteiger partial charge on any atom is -0.490 e. The normalized spacial score (nSPS) is 14.0. The number of hydrogen-bond donors (Lipinski definition) is 0. The molecule has 2 aromatic rings. The van der Waals surface area contributed by atoms with Gasteiger partial charge < -0.3 is 18.9 Å². The van der Waals surface area contributed by atoms with Crippen molar-refractivity contribution in [2.75, 3.05) is 19.8 Å². The maximum Gasteiger partial charge on any atom is 0.347 e. The van der Waals surface area contributed by atoms with Crippen LogP contribution in [-0.2, 0) is 9.53 Å². The van der Waals surface area contributed by atoms with Crippen molar-refractivity contribution in [1.29, 1.82) is 0 Å². The van der Waals surface area contributed by atoms with Crippen molar-refractivity contribution < 1.29 is 28.5 Å². The summed E-state index contributed by atoms with van der Waals surface area (Å²) in [5, 5.41) is 0. The minimum absolute atomic E-state index is 0.324. The Balaban J connectivity index is 1.54. The largest absolute Gasteiger partial charge is 0.490 e. The van der Waals surface area contributed by atoms with E-state index in [2.05, 4.69) is 15.9 Å². The molecule has 1 atom stereocenters. The Morgan fingerprint density at radius 3 is 2.52 bits per heavy atom. The molecule has 7 heteroatoms. The number of Topliss-reactive ketones (excluding diaryl/α,β-unsaturated/α-hetero) is 1. The van der Waals surface area contributed by atoms with Crippen molar-refractivity contribution in [3.8, 4) is 17.2 Å². The van der Waals surface area contributed by atoms with Crippen LogP contribution in [-0.4, -0.2) is 37.7 Å². The number of ether oxygens (including phenoxy) is 4. The number of halogens is 1. The van der Waals surface area contributed by atoms with Crippen LogP contribution in [0.2, 0.25) is 0 Å². The number of benzene rings is 2. The van der Waals surface area contributed by atoms with Crippen LogP contribution in [0.4, 0.5) is 0 Å². The van der Waals surface area contributed by atoms with Gasteiger partial charge in [-0.15, -0.1) is 0 Å². The summed E-state index contributed by atoms with van der Waals surface area (Å²) in [6.45, 7) is 2.31. The summed E-state index contributed by atoms with van der Waals surface area (Å²) in [5.74, 6) is 0.738. The fourth-order valence-electron chi connectivity index (χ4n) is 2.44. The first-order valence-electron chi connectivity index (χ1n) is 8.54. The standard InChI is InChI=1S/C20H19BrO6/c1-13(27-16-6-4-15(21)5-7-16)20(23)26-12-17(22)14-3-8-18-19(11-14)25-10-2-9-24-18/h3-8,11,13H,2,9-10,12H2,1H3. The molecule has 6 nitrogen and oxygen atoms in total. The summed E-state index contributed by atoms with van der Waals surface area (Å²) in [4.78, 5) is 24.4. The smallest absolute Gasteiger partial charge is 0.347 e. The predicted molar refractivity (Wildman–Crippen MR) is 102 cm³/mol. The Hall–Kier alpha value is -2.54. The Kier molecular flexibility index (Phi) is 6.34. The third kappa shape index (κ3) is 5.23. The Bertz CT molecular complexity index is 818. The monoisotopic (exact) mass is 434 g/mol. The van der Waals surface area contributed by atoms with Gasteiger partial charge in [0, 0.05) is 16.5 Å². The molecule has 1 heterocycles. The summed E-state index contributed by atoms with van der Waals surface area (Å²) in [7, 11) is 0. The molecule has 1 aliphatic rings. The highest BCUT2D eigenvalue weighted by atomic mass is 79.9. The van der Waals surface area contributed by atoms with E-state index in [1.54, 1.807) is 49.4 Å². The van der Waals surface area contributed by atoms with Gasteiger partial charge in [-0.25, -0.2) is 4.79 Å². The number of carbonyl (C=O) groups excluding carboxylic acids is 2. The SMILES string of the molecule is CC(Oc1ccc(Br)cc1)C(=O)OCC(=O)c1ccc2c(c1)OCCCO2. The maximum atomic E-state index is 12.3. The molecule has 0 spiro atoms. The van der Waals surface area contributed by atoms with E-state index < -0.39 is 12.1 Å². The van der Waals surface area contributed by atoms with E-state index in [9.17, 15) is 9.59 Å². The Labute approximate surface area is 165 Å². The van der Waals surface area contributed by atoms with Gasteiger partial charge in [0.05, 0.1) is 13.2 Å². The molecule has 0 aromatic heterocycles. The topological polar surface area (TPSA) is 71.1 Å². The summed E-state index contributed by atoms with van der Waals surface area (Å²) < 4.78 is 22.6. The molecule has 142 valence electrons. The molecule has 1 unspecified atom stereocenters. The number of carbonyl (C=O) groups is 2. The van der Waals surface area contributed by atoms with Crippen molar-refractivity contribution in [2.45, 2.75) is 19.4 Å². The molecule has 0 bridgehead atoms. The average molecular weight is 435 g/mol. The number of rotatable bonds is 6. The average Bonchev–Trinajstić information content (AvgIpc) is 2.92. The molecule has 2 aromatic carbocycles. The van der Waals surface area contributed by atoms with Crippen molar-refractivity contribution in [3.05, 3.63) is 52.5 Å². The van der Waals surface area contributed by atoms with Gasteiger partial charge in [-0.3, -0.25) is 4.79 Å². The van der Waals surface area contributed by atoms with Gasteiger partial charge in [-0.1, -0.05) is 15.9 Å². The molecule has 27 heavy (non-hydrogen) atoms. The lowest BCUT2D eigenvalue weighted by Gasteiger charge is -2.14. The zero-order valence-corrected chi connectivity index (χ0v) is 16.4. The van der Waals surface area contributed by atoms with Gasteiger partial charge in [0.1, 0.15) is 5.75 Å². The van der Waals surface area contributed by atoms with Crippen molar-refractivity contribution in [2.24, 2.45) is 0 Å². The zero-order valence-electron chi connectivity index (χ0n) is 14.8. The van der Waals surface area contributed by atoms with Crippen LogP contribution in [0.5, 0.6) is 17.2 Å². The molecule has 3 rings (SSSR count). The third-order valence-corrected chi connectivity index (χ3v) is 4.40. The molecule has 0 fully saturated rings. The van der Waals surface area contributed by atoms with E-state index in [-0.39, 0.29) is 12.4 Å². The Morgan fingerprint density at radius 1 is 1.07 bits per heavy atom. The lowest BCUT2D eigenvalue weighted by Crippen LogP contribution is -2.28. The summed E-state index contributed by atoms with van der Waals surface area (Å²) >= 11 is 3.33. The fourth-order valence-corrected chi connectivity index (χ4v) is 2.70. The minimum atomic E-state index is -0.831. The number of esters is 1. The van der Waals surface area contributed by atoms with Crippen molar-refractivity contribution >= 4 is 27.7 Å². The van der Waals surface area contributed by atoms with Crippen LogP contribution >= 0.6 is 15.9 Å². The van der Waals surface area contributed by atoms with Gasteiger partial charge in [0.2, 0.25) is 0 Å². The molecule has 1 aliphatic heterocycles. The summed E-state index contributed by atoms with van der Waals surface area (Å²) in [6.07, 6.45) is -0.0472. The number of hydrogen-bond acceptors (Lipinski definition) is 6. The number of fused-ring (bicyclic) bond motifs is 1. The highest BCUT2D eigenvalue weighted by Crippen LogP contribution is 2.30. The van der Waals surface area contributed by atoms with Gasteiger partial charge in [-0.2, -0.15) is 0 Å². The molecule has 0 saturated heterocycles. The molecular formula is C20H19BrO6. The molecular weight excluding hydrogens is 416 g/mol. The van der Waals surface area contributed by atoms with E-state index in [1.807, 2.05) is 0 Å². The first-order valence-corrected chi connectivity index (χ1v) is 9.34. The molecule has 0 aliphatic carbocycles. The second kappa shape index (κ2) is 8.90. The number of ketones is 1. The highest BCUT2D eigenvalue weighted by Gasteiger charge is 2.19. The lowest BCUT2D eigenvalue weighted by molar-refractivity contribution is -0.149. The van der Waals surface area contributed by atoms with Gasteiger partial charge >= 0.3 is 5.97 Å². The van der Waals surface area contributed by atoms with Crippen LogP contribution in [0.15, 0.2) is 46.9 Å². The summed E-state index contributed by atoms with van der Waals surface area (Å²) in [5.41, 5.74) is 0.397. The van der Waals surface area contributed by atoms with E-state index in [4.69, 9.17) is 18.9 Å². The van der Waals surface area contributed by atoms with Gasteiger partial charge in [-0.05, 0) is 49.4 Å². The van der Waals surface area contributed by atoms with Gasteiger partial charge in [0.25, 0.3) is 0 Å². The lowest BCUT2D eigenvalue weighted by atomic mass is 10.1. The maximum absolute atomic E-state index is 12.3. The van der Waals surface area contributed by atoms with Gasteiger partial charge in [0.15, 0.2) is 30.0 Å². The highest BCUT2D eigenvalue weighted by molar-refractivity contribution is 9.10. The van der Waals surface area contributed by atoms with Crippen LogP contribution in [0.25, 0.3) is 0 Å². The molecule has 0 saturated carbocycles. The quantitative estimate of drug-likeness (QED) is 0.508. The second-order valence-electron chi connectivity index (χ2n) is 5.96. The van der Waals surface area contributed by atoms with Crippen molar-refractivity contribution in [3.63, 3.8) is 0 Å². The Morgan fingerprint density at radius 2 is 1.78 bits per heavy atom. The van der Waals surface area contributed by atoms with Crippen LogP contribution in [0.1, 0.15) is 23.7 Å². The van der Waals surface area contributed by atoms with E-state index in [1.165, 1.54) is 0 Å². The van der Waals surface area contributed by atoms with Crippen molar-refractivity contribution in [1.82, 2.24) is 0 Å². The first kappa shape index (κ1) is 19.2. The predicted octanol–water partition coefficient (Wildman–Crippen LogP) is 3.80. The van der Waals surface area contributed by atoms with E-state index in [0.717, 1.165) is 10.9 Å². The van der Waals surface area contributed by atoms with E-state index >= 15 is 0 Å². The third-order valence-electron chi connectivity index (χ3n) is 3.87.